The Bertz CT molecular complexity index is 349. The molecular weight excluding hydrogens is 238 g/mol. The molecule has 0 spiro atoms. The topological polar surface area (TPSA) is 26.0 Å². The second kappa shape index (κ2) is 8.60. The first-order valence-corrected chi connectivity index (χ1v) is 8.13. The first kappa shape index (κ1) is 15.6. The van der Waals surface area contributed by atoms with Crippen molar-refractivity contribution in [3.05, 3.63) is 29.3 Å². The van der Waals surface area contributed by atoms with Gasteiger partial charge >= 0.3 is 0 Å². The summed E-state index contributed by atoms with van der Waals surface area (Å²) in [7, 11) is 0. The molecule has 0 bridgehead atoms. The van der Waals surface area contributed by atoms with E-state index < -0.39 is 0 Å². The van der Waals surface area contributed by atoms with E-state index in [-0.39, 0.29) is 0 Å². The van der Waals surface area contributed by atoms with Gasteiger partial charge in [0.05, 0.1) is 0 Å². The molecule has 1 nitrogen and oxygen atoms in total. The molecule has 0 radical (unpaired) electrons. The van der Waals surface area contributed by atoms with E-state index in [4.69, 9.17) is 5.73 Å². The summed E-state index contributed by atoms with van der Waals surface area (Å²) in [5.74, 6) is 1.23. The average Bonchev–Trinajstić information content (AvgIpc) is 2.36. The molecule has 1 unspecified atom stereocenters. The van der Waals surface area contributed by atoms with Crippen LogP contribution in [0.2, 0.25) is 0 Å². The largest absolute Gasteiger partial charge is 0.327 e. The summed E-state index contributed by atoms with van der Waals surface area (Å²) in [6, 6.07) is 7.08. The Labute approximate surface area is 117 Å². The van der Waals surface area contributed by atoms with E-state index in [0.717, 1.165) is 12.8 Å². The summed E-state index contributed by atoms with van der Waals surface area (Å²) < 4.78 is 0. The zero-order chi connectivity index (χ0) is 13.4. The van der Waals surface area contributed by atoms with Gasteiger partial charge in [0.15, 0.2) is 0 Å². The number of hydrogen-bond acceptors (Lipinski definition) is 2. The maximum atomic E-state index is 6.09. The van der Waals surface area contributed by atoms with Gasteiger partial charge in [-0.3, -0.25) is 0 Å². The average molecular weight is 265 g/mol. The number of benzene rings is 1. The molecule has 102 valence electrons. The third-order valence-corrected chi connectivity index (χ3v) is 4.43. The Morgan fingerprint density at radius 2 is 2.00 bits per heavy atom. The maximum Gasteiger partial charge on any atom is 0.0105 e. The van der Waals surface area contributed by atoms with Crippen LogP contribution in [0.4, 0.5) is 0 Å². The SMILES string of the molecule is CCCCCSc1ccc(C)cc1CC(N)CC. The first-order chi connectivity index (χ1) is 8.67. The van der Waals surface area contributed by atoms with Gasteiger partial charge in [-0.05, 0) is 43.6 Å². The molecule has 18 heavy (non-hydrogen) atoms. The highest BCUT2D eigenvalue weighted by Gasteiger charge is 2.07. The van der Waals surface area contributed by atoms with Crippen molar-refractivity contribution in [1.82, 2.24) is 0 Å². The zero-order valence-electron chi connectivity index (χ0n) is 12.0. The maximum absolute atomic E-state index is 6.09. The second-order valence-corrected chi connectivity index (χ2v) is 6.18. The summed E-state index contributed by atoms with van der Waals surface area (Å²) in [5.41, 5.74) is 8.87. The molecule has 0 saturated carbocycles. The van der Waals surface area contributed by atoms with Gasteiger partial charge in [0, 0.05) is 10.9 Å². The predicted molar refractivity (Wildman–Crippen MR) is 83.4 cm³/mol. The molecule has 0 heterocycles. The lowest BCUT2D eigenvalue weighted by Crippen LogP contribution is -2.21. The van der Waals surface area contributed by atoms with Gasteiger partial charge in [-0.1, -0.05) is 44.4 Å². The Morgan fingerprint density at radius 1 is 1.22 bits per heavy atom. The van der Waals surface area contributed by atoms with E-state index in [1.807, 2.05) is 11.8 Å². The smallest absolute Gasteiger partial charge is 0.0105 e. The van der Waals surface area contributed by atoms with E-state index in [1.165, 1.54) is 41.0 Å². The minimum Gasteiger partial charge on any atom is -0.327 e. The highest BCUT2D eigenvalue weighted by molar-refractivity contribution is 7.99. The van der Waals surface area contributed by atoms with E-state index in [1.54, 1.807) is 0 Å². The number of aryl methyl sites for hydroxylation is 1. The summed E-state index contributed by atoms with van der Waals surface area (Å²) in [5, 5.41) is 0. The minimum absolute atomic E-state index is 0.293. The van der Waals surface area contributed by atoms with Crippen LogP contribution >= 0.6 is 11.8 Å². The van der Waals surface area contributed by atoms with Gasteiger partial charge in [-0.15, -0.1) is 11.8 Å². The Hall–Kier alpha value is -0.470. The number of hydrogen-bond donors (Lipinski definition) is 1. The number of unbranched alkanes of at least 4 members (excludes halogenated alkanes) is 2. The molecule has 1 atom stereocenters. The zero-order valence-corrected chi connectivity index (χ0v) is 12.9. The Kier molecular flexibility index (Phi) is 7.45. The third kappa shape index (κ3) is 5.45. The molecule has 1 rings (SSSR count). The van der Waals surface area contributed by atoms with E-state index in [9.17, 15) is 0 Å². The first-order valence-electron chi connectivity index (χ1n) is 7.15. The highest BCUT2D eigenvalue weighted by Crippen LogP contribution is 2.26. The summed E-state index contributed by atoms with van der Waals surface area (Å²) in [4.78, 5) is 1.43. The lowest BCUT2D eigenvalue weighted by atomic mass is 10.0. The van der Waals surface area contributed by atoms with Crippen LogP contribution in [-0.4, -0.2) is 11.8 Å². The second-order valence-electron chi connectivity index (χ2n) is 5.04. The van der Waals surface area contributed by atoms with Crippen LogP contribution in [0.15, 0.2) is 23.1 Å². The van der Waals surface area contributed by atoms with Crippen molar-refractivity contribution in [1.29, 1.82) is 0 Å². The molecule has 1 aromatic carbocycles. The molecule has 0 fully saturated rings. The molecule has 2 N–H and O–H groups in total. The number of nitrogens with two attached hydrogens (primary N) is 1. The standard InChI is InChI=1S/C16H27NS/c1-4-6-7-10-18-16-9-8-13(3)11-14(16)12-15(17)5-2/h8-9,11,15H,4-7,10,12,17H2,1-3H3. The van der Waals surface area contributed by atoms with Crippen molar-refractivity contribution in [2.24, 2.45) is 5.73 Å². The molecule has 0 saturated heterocycles. The summed E-state index contributed by atoms with van der Waals surface area (Å²) >= 11 is 1.99. The van der Waals surface area contributed by atoms with Gasteiger partial charge in [-0.25, -0.2) is 0 Å². The van der Waals surface area contributed by atoms with Crippen molar-refractivity contribution in [2.45, 2.75) is 63.8 Å². The van der Waals surface area contributed by atoms with E-state index in [2.05, 4.69) is 39.0 Å². The molecular formula is C16H27NS. The van der Waals surface area contributed by atoms with Gasteiger partial charge in [-0.2, -0.15) is 0 Å². The molecule has 0 aliphatic rings. The van der Waals surface area contributed by atoms with Crippen LogP contribution in [-0.2, 0) is 6.42 Å². The van der Waals surface area contributed by atoms with Crippen molar-refractivity contribution >= 4 is 11.8 Å². The lowest BCUT2D eigenvalue weighted by molar-refractivity contribution is 0.641. The molecule has 0 aliphatic carbocycles. The Balaban J connectivity index is 2.64. The van der Waals surface area contributed by atoms with Crippen molar-refractivity contribution < 1.29 is 0 Å². The van der Waals surface area contributed by atoms with E-state index >= 15 is 0 Å². The van der Waals surface area contributed by atoms with Crippen LogP contribution in [0.25, 0.3) is 0 Å². The Morgan fingerprint density at radius 3 is 2.67 bits per heavy atom. The van der Waals surface area contributed by atoms with Gasteiger partial charge < -0.3 is 5.73 Å². The van der Waals surface area contributed by atoms with E-state index in [0.29, 0.717) is 6.04 Å². The molecule has 0 aliphatic heterocycles. The fourth-order valence-electron chi connectivity index (χ4n) is 1.97. The van der Waals surface area contributed by atoms with Gasteiger partial charge in [0.1, 0.15) is 0 Å². The normalized spacial score (nSPS) is 12.7. The van der Waals surface area contributed by atoms with Crippen molar-refractivity contribution in [3.8, 4) is 0 Å². The minimum atomic E-state index is 0.293. The van der Waals surface area contributed by atoms with Crippen LogP contribution in [0.1, 0.15) is 50.7 Å². The van der Waals surface area contributed by atoms with Crippen LogP contribution < -0.4 is 5.73 Å². The lowest BCUT2D eigenvalue weighted by Gasteiger charge is -2.14. The van der Waals surface area contributed by atoms with Crippen LogP contribution in [0, 0.1) is 6.92 Å². The fourth-order valence-corrected chi connectivity index (χ4v) is 3.03. The monoisotopic (exact) mass is 265 g/mol. The number of thioether (sulfide) groups is 1. The predicted octanol–water partition coefficient (Wildman–Crippen LogP) is 4.56. The van der Waals surface area contributed by atoms with Crippen LogP contribution in [0.3, 0.4) is 0 Å². The molecule has 0 aromatic heterocycles. The van der Waals surface area contributed by atoms with Gasteiger partial charge in [0.25, 0.3) is 0 Å². The van der Waals surface area contributed by atoms with Crippen LogP contribution in [0.5, 0.6) is 0 Å². The molecule has 0 amide bonds. The van der Waals surface area contributed by atoms with Crippen molar-refractivity contribution in [3.63, 3.8) is 0 Å². The van der Waals surface area contributed by atoms with Gasteiger partial charge in [0.2, 0.25) is 0 Å². The fraction of sp³-hybridized carbons (Fsp3) is 0.625. The molecule has 2 heteroatoms. The third-order valence-electron chi connectivity index (χ3n) is 3.23. The quantitative estimate of drug-likeness (QED) is 0.551. The molecule has 1 aromatic rings. The highest BCUT2D eigenvalue weighted by atomic mass is 32.2. The summed E-state index contributed by atoms with van der Waals surface area (Å²) in [6.45, 7) is 6.57. The summed E-state index contributed by atoms with van der Waals surface area (Å²) in [6.07, 6.45) is 6.00. The number of rotatable bonds is 8. The van der Waals surface area contributed by atoms with Crippen molar-refractivity contribution in [2.75, 3.05) is 5.75 Å².